The molecule has 0 atom stereocenters. The van der Waals surface area contributed by atoms with Gasteiger partial charge in [-0.1, -0.05) is 24.3 Å². The molecule has 0 bridgehead atoms. The topological polar surface area (TPSA) is 68.3 Å². The van der Waals surface area contributed by atoms with Gasteiger partial charge < -0.3 is 15.5 Å². The molecule has 0 spiro atoms. The van der Waals surface area contributed by atoms with Gasteiger partial charge >= 0.3 is 0 Å². The molecule has 0 unspecified atom stereocenters. The van der Waals surface area contributed by atoms with E-state index in [2.05, 4.69) is 5.32 Å². The van der Waals surface area contributed by atoms with Gasteiger partial charge in [0.1, 0.15) is 11.5 Å². The Morgan fingerprint density at radius 3 is 2.42 bits per heavy atom. The van der Waals surface area contributed by atoms with Crippen molar-refractivity contribution in [1.82, 2.24) is 5.32 Å². The SMILES string of the molecule is Cc1ccc(CNC(=O)Cc2ccc(CN)cc2)o1. The molecule has 2 rings (SSSR count). The molecule has 0 radical (unpaired) electrons. The molecule has 0 saturated carbocycles. The molecule has 3 N–H and O–H groups in total. The van der Waals surface area contributed by atoms with E-state index in [1.54, 1.807) is 0 Å². The van der Waals surface area contributed by atoms with E-state index in [0.717, 1.165) is 22.6 Å². The van der Waals surface area contributed by atoms with E-state index >= 15 is 0 Å². The number of hydrogen-bond acceptors (Lipinski definition) is 3. The minimum absolute atomic E-state index is 0.0189. The van der Waals surface area contributed by atoms with Crippen molar-refractivity contribution in [2.45, 2.75) is 26.4 Å². The van der Waals surface area contributed by atoms with Crippen LogP contribution in [0.25, 0.3) is 0 Å². The molecule has 4 nitrogen and oxygen atoms in total. The summed E-state index contributed by atoms with van der Waals surface area (Å²) in [6.45, 7) is 2.82. The Balaban J connectivity index is 1.83. The lowest BCUT2D eigenvalue weighted by Crippen LogP contribution is -2.24. The number of benzene rings is 1. The number of carbonyl (C=O) groups is 1. The number of aryl methyl sites for hydroxylation is 1. The summed E-state index contributed by atoms with van der Waals surface area (Å²) in [5, 5.41) is 2.83. The predicted octanol–water partition coefficient (Wildman–Crippen LogP) is 1.91. The predicted molar refractivity (Wildman–Crippen MR) is 73.3 cm³/mol. The van der Waals surface area contributed by atoms with Crippen LogP contribution in [-0.4, -0.2) is 5.91 Å². The minimum Gasteiger partial charge on any atom is -0.465 e. The van der Waals surface area contributed by atoms with E-state index in [4.69, 9.17) is 10.2 Å². The van der Waals surface area contributed by atoms with Gasteiger partial charge in [-0.3, -0.25) is 4.79 Å². The lowest BCUT2D eigenvalue weighted by atomic mass is 10.1. The van der Waals surface area contributed by atoms with Gasteiger partial charge in [0.2, 0.25) is 5.91 Å². The lowest BCUT2D eigenvalue weighted by molar-refractivity contribution is -0.120. The number of nitrogens with one attached hydrogen (secondary N) is 1. The van der Waals surface area contributed by atoms with Crippen LogP contribution < -0.4 is 11.1 Å². The second-order valence-corrected chi connectivity index (χ2v) is 4.49. The third kappa shape index (κ3) is 3.96. The maximum Gasteiger partial charge on any atom is 0.224 e. The Kier molecular flexibility index (Phi) is 4.36. The molecule has 1 amide bonds. The first-order chi connectivity index (χ1) is 9.17. The fourth-order valence-electron chi connectivity index (χ4n) is 1.81. The van der Waals surface area contributed by atoms with Crippen molar-refractivity contribution in [2.75, 3.05) is 0 Å². The summed E-state index contributed by atoms with van der Waals surface area (Å²) < 4.78 is 5.39. The quantitative estimate of drug-likeness (QED) is 0.860. The summed E-state index contributed by atoms with van der Waals surface area (Å²) in [5.74, 6) is 1.60. The zero-order valence-corrected chi connectivity index (χ0v) is 11.0. The number of amides is 1. The molecule has 19 heavy (non-hydrogen) atoms. The van der Waals surface area contributed by atoms with Crippen LogP contribution in [0.5, 0.6) is 0 Å². The fourth-order valence-corrected chi connectivity index (χ4v) is 1.81. The number of furan rings is 1. The minimum atomic E-state index is -0.0189. The van der Waals surface area contributed by atoms with E-state index in [0.29, 0.717) is 19.5 Å². The average Bonchev–Trinajstić information content (AvgIpc) is 2.83. The Labute approximate surface area is 112 Å². The van der Waals surface area contributed by atoms with Gasteiger partial charge in [-0.2, -0.15) is 0 Å². The monoisotopic (exact) mass is 258 g/mol. The summed E-state index contributed by atoms with van der Waals surface area (Å²) in [4.78, 5) is 11.8. The molecule has 1 aromatic heterocycles. The van der Waals surface area contributed by atoms with E-state index < -0.39 is 0 Å². The Bertz CT molecular complexity index is 544. The zero-order valence-electron chi connectivity index (χ0n) is 11.0. The number of hydrogen-bond donors (Lipinski definition) is 2. The van der Waals surface area contributed by atoms with Crippen molar-refractivity contribution in [1.29, 1.82) is 0 Å². The Morgan fingerprint density at radius 1 is 1.16 bits per heavy atom. The van der Waals surface area contributed by atoms with Crippen molar-refractivity contribution in [2.24, 2.45) is 5.73 Å². The Hall–Kier alpha value is -2.07. The van der Waals surface area contributed by atoms with Crippen molar-refractivity contribution in [3.8, 4) is 0 Å². The van der Waals surface area contributed by atoms with E-state index in [-0.39, 0.29) is 5.91 Å². The van der Waals surface area contributed by atoms with Crippen molar-refractivity contribution in [3.05, 3.63) is 59.0 Å². The van der Waals surface area contributed by atoms with Crippen molar-refractivity contribution >= 4 is 5.91 Å². The first-order valence-electron chi connectivity index (χ1n) is 6.27. The second-order valence-electron chi connectivity index (χ2n) is 4.49. The van der Waals surface area contributed by atoms with Gasteiger partial charge in [0.15, 0.2) is 0 Å². The standard InChI is InChI=1S/C15H18N2O2/c1-11-2-7-14(19-11)10-17-15(18)8-12-3-5-13(9-16)6-4-12/h2-7H,8-10,16H2,1H3,(H,17,18). The van der Waals surface area contributed by atoms with E-state index in [1.165, 1.54) is 0 Å². The lowest BCUT2D eigenvalue weighted by Gasteiger charge is -2.04. The summed E-state index contributed by atoms with van der Waals surface area (Å²) in [6, 6.07) is 11.5. The van der Waals surface area contributed by atoms with Crippen LogP contribution in [0, 0.1) is 6.92 Å². The molecule has 0 aliphatic rings. The number of carbonyl (C=O) groups excluding carboxylic acids is 1. The summed E-state index contributed by atoms with van der Waals surface area (Å²) in [5.41, 5.74) is 7.57. The number of rotatable bonds is 5. The number of nitrogens with two attached hydrogens (primary N) is 1. The van der Waals surface area contributed by atoms with Gasteiger partial charge in [0.05, 0.1) is 13.0 Å². The molecule has 4 heteroatoms. The third-order valence-corrected chi connectivity index (χ3v) is 2.88. The molecular weight excluding hydrogens is 240 g/mol. The van der Waals surface area contributed by atoms with Gasteiger partial charge in [-0.15, -0.1) is 0 Å². The zero-order chi connectivity index (χ0) is 13.7. The molecule has 0 aliphatic carbocycles. The average molecular weight is 258 g/mol. The third-order valence-electron chi connectivity index (χ3n) is 2.88. The van der Waals surface area contributed by atoms with Crippen LogP contribution in [0.15, 0.2) is 40.8 Å². The molecule has 1 aromatic carbocycles. The second kappa shape index (κ2) is 6.20. The van der Waals surface area contributed by atoms with Gasteiger partial charge in [-0.25, -0.2) is 0 Å². The molecular formula is C15H18N2O2. The first kappa shape index (κ1) is 13.4. The van der Waals surface area contributed by atoms with Crippen LogP contribution in [0.2, 0.25) is 0 Å². The van der Waals surface area contributed by atoms with Gasteiger partial charge in [-0.05, 0) is 30.2 Å². The van der Waals surface area contributed by atoms with Crippen LogP contribution in [0.4, 0.5) is 0 Å². The van der Waals surface area contributed by atoms with Crippen molar-refractivity contribution in [3.63, 3.8) is 0 Å². The maximum atomic E-state index is 11.8. The van der Waals surface area contributed by atoms with Crippen LogP contribution in [-0.2, 0) is 24.3 Å². The van der Waals surface area contributed by atoms with Gasteiger partial charge in [0, 0.05) is 6.54 Å². The smallest absolute Gasteiger partial charge is 0.224 e. The Morgan fingerprint density at radius 2 is 1.84 bits per heavy atom. The summed E-state index contributed by atoms with van der Waals surface area (Å²) in [6.07, 6.45) is 0.366. The van der Waals surface area contributed by atoms with Crippen LogP contribution in [0.3, 0.4) is 0 Å². The van der Waals surface area contributed by atoms with Gasteiger partial charge in [0.25, 0.3) is 0 Å². The molecule has 100 valence electrons. The fraction of sp³-hybridized carbons (Fsp3) is 0.267. The van der Waals surface area contributed by atoms with E-state index in [9.17, 15) is 4.79 Å². The molecule has 0 aliphatic heterocycles. The highest BCUT2D eigenvalue weighted by Crippen LogP contribution is 2.07. The molecule has 0 fully saturated rings. The normalized spacial score (nSPS) is 10.4. The van der Waals surface area contributed by atoms with Crippen LogP contribution in [0.1, 0.15) is 22.6 Å². The largest absolute Gasteiger partial charge is 0.465 e. The molecule has 0 saturated heterocycles. The highest BCUT2D eigenvalue weighted by molar-refractivity contribution is 5.78. The highest BCUT2D eigenvalue weighted by Gasteiger charge is 2.05. The van der Waals surface area contributed by atoms with Crippen LogP contribution >= 0.6 is 0 Å². The summed E-state index contributed by atoms with van der Waals surface area (Å²) >= 11 is 0. The van der Waals surface area contributed by atoms with Crippen molar-refractivity contribution < 1.29 is 9.21 Å². The summed E-state index contributed by atoms with van der Waals surface area (Å²) in [7, 11) is 0. The molecule has 2 aromatic rings. The van der Waals surface area contributed by atoms with E-state index in [1.807, 2.05) is 43.3 Å². The highest BCUT2D eigenvalue weighted by atomic mass is 16.3. The molecule has 1 heterocycles. The first-order valence-corrected chi connectivity index (χ1v) is 6.27. The maximum absolute atomic E-state index is 11.8.